The summed E-state index contributed by atoms with van der Waals surface area (Å²) in [6, 6.07) is 0. The maximum absolute atomic E-state index is 11.0. The molecule has 0 spiro atoms. The maximum Gasteiger partial charge on any atom is 0.331 e. The highest BCUT2D eigenvalue weighted by Crippen LogP contribution is 2.32. The van der Waals surface area contributed by atoms with Gasteiger partial charge in [-0.2, -0.15) is 0 Å². The summed E-state index contributed by atoms with van der Waals surface area (Å²) in [6.07, 6.45) is 0.665. The van der Waals surface area contributed by atoms with Gasteiger partial charge >= 0.3 is 5.97 Å². The van der Waals surface area contributed by atoms with Crippen molar-refractivity contribution in [2.45, 2.75) is 27.2 Å². The number of aliphatic carboxylic acids is 1. The molecule has 1 aliphatic rings. The van der Waals surface area contributed by atoms with Crippen LogP contribution in [0.5, 0.6) is 0 Å². The van der Waals surface area contributed by atoms with E-state index in [0.29, 0.717) is 12.0 Å². The number of carboxylic acid groups (broad SMARTS) is 1. The molecule has 0 radical (unpaired) electrons. The molecule has 3 nitrogen and oxygen atoms in total. The van der Waals surface area contributed by atoms with Gasteiger partial charge in [-0.15, -0.1) is 0 Å². The summed E-state index contributed by atoms with van der Waals surface area (Å²) in [5.41, 5.74) is 1.65. The molecule has 1 N–H and O–H groups in total. The van der Waals surface area contributed by atoms with Crippen molar-refractivity contribution in [1.82, 2.24) is 4.90 Å². The van der Waals surface area contributed by atoms with Crippen molar-refractivity contribution in [3.05, 3.63) is 11.1 Å². The molecule has 1 rings (SSSR count). The first-order valence-corrected chi connectivity index (χ1v) is 4.96. The highest BCUT2D eigenvalue weighted by Gasteiger charge is 2.28. The molecule has 0 aromatic heterocycles. The van der Waals surface area contributed by atoms with E-state index in [1.165, 1.54) is 0 Å². The lowest BCUT2D eigenvalue weighted by atomic mass is 9.80. The lowest BCUT2D eigenvalue weighted by Crippen LogP contribution is -2.34. The van der Waals surface area contributed by atoms with Gasteiger partial charge in [0, 0.05) is 18.7 Å². The molecule has 0 aromatic carbocycles. The van der Waals surface area contributed by atoms with E-state index in [4.69, 9.17) is 5.11 Å². The maximum atomic E-state index is 11.0. The van der Waals surface area contributed by atoms with Gasteiger partial charge in [-0.1, -0.05) is 20.8 Å². The molecule has 0 atom stereocenters. The molecular formula is C11H19NO2. The molecule has 0 saturated carbocycles. The largest absolute Gasteiger partial charge is 0.478 e. The Morgan fingerprint density at radius 2 is 2.00 bits per heavy atom. The summed E-state index contributed by atoms with van der Waals surface area (Å²) in [4.78, 5) is 13.2. The fourth-order valence-electron chi connectivity index (χ4n) is 1.82. The van der Waals surface area contributed by atoms with E-state index >= 15 is 0 Å². The Bertz CT molecular complexity index is 274. The Morgan fingerprint density at radius 1 is 1.43 bits per heavy atom. The van der Waals surface area contributed by atoms with Crippen molar-refractivity contribution in [2.75, 3.05) is 20.1 Å². The van der Waals surface area contributed by atoms with Crippen LogP contribution in [-0.2, 0) is 4.79 Å². The van der Waals surface area contributed by atoms with Gasteiger partial charge in [0.1, 0.15) is 0 Å². The van der Waals surface area contributed by atoms with Gasteiger partial charge in [-0.05, 0) is 24.5 Å². The second kappa shape index (κ2) is 3.73. The van der Waals surface area contributed by atoms with Crippen molar-refractivity contribution in [3.63, 3.8) is 0 Å². The van der Waals surface area contributed by atoms with Crippen LogP contribution in [0.4, 0.5) is 0 Å². The van der Waals surface area contributed by atoms with Crippen molar-refractivity contribution >= 4 is 5.97 Å². The third kappa shape index (κ3) is 2.35. The molecule has 80 valence electrons. The van der Waals surface area contributed by atoms with E-state index in [-0.39, 0.29) is 5.41 Å². The van der Waals surface area contributed by atoms with Gasteiger partial charge in [0.05, 0.1) is 0 Å². The number of carboxylic acids is 1. The first-order chi connectivity index (χ1) is 6.32. The van der Waals surface area contributed by atoms with Gasteiger partial charge in [-0.25, -0.2) is 4.79 Å². The predicted molar refractivity (Wildman–Crippen MR) is 56.2 cm³/mol. The molecule has 0 aliphatic carbocycles. The van der Waals surface area contributed by atoms with E-state index in [1.54, 1.807) is 0 Å². The Morgan fingerprint density at radius 3 is 2.43 bits per heavy atom. The highest BCUT2D eigenvalue weighted by molar-refractivity contribution is 5.88. The van der Waals surface area contributed by atoms with Crippen LogP contribution in [0.25, 0.3) is 0 Å². The number of likely N-dealkylation sites (N-methyl/N-ethyl adjacent to an activating group) is 1. The number of hydrogen-bond acceptors (Lipinski definition) is 2. The standard InChI is InChI=1S/C11H19NO2/c1-11(2,3)9-7-12(4)6-5-8(9)10(13)14/h5-7H2,1-4H3,(H,13,14). The van der Waals surface area contributed by atoms with Crippen molar-refractivity contribution in [2.24, 2.45) is 5.41 Å². The third-order valence-corrected chi connectivity index (χ3v) is 2.70. The van der Waals surface area contributed by atoms with Crippen LogP contribution in [-0.4, -0.2) is 36.1 Å². The number of nitrogens with zero attached hydrogens (tertiary/aromatic N) is 1. The molecule has 0 unspecified atom stereocenters. The molecule has 1 aliphatic heterocycles. The molecule has 3 heteroatoms. The summed E-state index contributed by atoms with van der Waals surface area (Å²) in [5, 5.41) is 9.08. The van der Waals surface area contributed by atoms with Crippen molar-refractivity contribution in [1.29, 1.82) is 0 Å². The average molecular weight is 197 g/mol. The van der Waals surface area contributed by atoms with E-state index in [9.17, 15) is 4.79 Å². The lowest BCUT2D eigenvalue weighted by Gasteiger charge is -2.33. The van der Waals surface area contributed by atoms with Crippen LogP contribution >= 0.6 is 0 Å². The molecule has 0 aromatic rings. The second-order valence-electron chi connectivity index (χ2n) is 5.00. The summed E-state index contributed by atoms with van der Waals surface area (Å²) in [5.74, 6) is -0.747. The van der Waals surface area contributed by atoms with Crippen LogP contribution in [0.1, 0.15) is 27.2 Å². The molecule has 0 fully saturated rings. The Kier molecular flexibility index (Phi) is 3.00. The van der Waals surface area contributed by atoms with E-state index in [2.05, 4.69) is 25.7 Å². The Hall–Kier alpha value is -0.830. The van der Waals surface area contributed by atoms with Gasteiger partial charge < -0.3 is 10.0 Å². The minimum absolute atomic E-state index is 0.0393. The highest BCUT2D eigenvalue weighted by atomic mass is 16.4. The molecular weight excluding hydrogens is 178 g/mol. The zero-order valence-corrected chi connectivity index (χ0v) is 9.42. The van der Waals surface area contributed by atoms with Crippen molar-refractivity contribution in [3.8, 4) is 0 Å². The zero-order valence-electron chi connectivity index (χ0n) is 9.42. The van der Waals surface area contributed by atoms with Crippen LogP contribution in [0.3, 0.4) is 0 Å². The van der Waals surface area contributed by atoms with E-state index < -0.39 is 5.97 Å². The summed E-state index contributed by atoms with van der Waals surface area (Å²) >= 11 is 0. The molecule has 0 bridgehead atoms. The van der Waals surface area contributed by atoms with Crippen LogP contribution in [0, 0.1) is 5.41 Å². The topological polar surface area (TPSA) is 40.5 Å². The molecule has 14 heavy (non-hydrogen) atoms. The fourth-order valence-corrected chi connectivity index (χ4v) is 1.82. The minimum Gasteiger partial charge on any atom is -0.478 e. The quantitative estimate of drug-likeness (QED) is 0.696. The number of carbonyl (C=O) groups is 1. The van der Waals surface area contributed by atoms with Crippen molar-refractivity contribution < 1.29 is 9.90 Å². The molecule has 0 amide bonds. The first kappa shape index (κ1) is 11.2. The Balaban J connectivity index is 3.07. The first-order valence-electron chi connectivity index (χ1n) is 4.96. The van der Waals surface area contributed by atoms with Crippen LogP contribution < -0.4 is 0 Å². The van der Waals surface area contributed by atoms with Gasteiger partial charge in [0.2, 0.25) is 0 Å². The fraction of sp³-hybridized carbons (Fsp3) is 0.727. The zero-order chi connectivity index (χ0) is 10.9. The van der Waals surface area contributed by atoms with Gasteiger partial charge in [-0.3, -0.25) is 0 Å². The number of hydrogen-bond donors (Lipinski definition) is 1. The monoisotopic (exact) mass is 197 g/mol. The smallest absolute Gasteiger partial charge is 0.331 e. The summed E-state index contributed by atoms with van der Waals surface area (Å²) < 4.78 is 0. The van der Waals surface area contributed by atoms with Gasteiger partial charge in [0.25, 0.3) is 0 Å². The summed E-state index contributed by atoms with van der Waals surface area (Å²) in [7, 11) is 2.03. The normalized spacial score (nSPS) is 20.0. The van der Waals surface area contributed by atoms with E-state index in [0.717, 1.165) is 18.7 Å². The second-order valence-corrected chi connectivity index (χ2v) is 5.00. The lowest BCUT2D eigenvalue weighted by molar-refractivity contribution is -0.133. The van der Waals surface area contributed by atoms with Crippen LogP contribution in [0.15, 0.2) is 11.1 Å². The summed E-state index contributed by atoms with van der Waals surface area (Å²) in [6.45, 7) is 7.85. The Labute approximate surface area is 85.4 Å². The van der Waals surface area contributed by atoms with Crippen LogP contribution in [0.2, 0.25) is 0 Å². The SMILES string of the molecule is CN1CCC(C(=O)O)=C(C(C)(C)C)C1. The van der Waals surface area contributed by atoms with E-state index in [1.807, 2.05) is 7.05 Å². The minimum atomic E-state index is -0.747. The average Bonchev–Trinajstić information content (AvgIpc) is 2.01. The molecule has 0 saturated heterocycles. The third-order valence-electron chi connectivity index (χ3n) is 2.70. The number of rotatable bonds is 1. The van der Waals surface area contributed by atoms with Gasteiger partial charge in [0.15, 0.2) is 0 Å². The predicted octanol–water partition coefficient (Wildman–Crippen LogP) is 1.75. The molecule has 1 heterocycles.